The molecule has 2 aromatic heterocycles. The van der Waals surface area contributed by atoms with Gasteiger partial charge in [-0.1, -0.05) is 6.07 Å². The first-order valence-corrected chi connectivity index (χ1v) is 10.1. The molecule has 0 radical (unpaired) electrons. The molecule has 3 aromatic rings. The number of rotatable bonds is 10. The molecule has 0 aliphatic heterocycles. The third kappa shape index (κ3) is 5.97. The Balaban J connectivity index is 1.87. The smallest absolute Gasteiger partial charge is 0.280 e. The molecule has 0 spiro atoms. The molecule has 0 bridgehead atoms. The number of nitrogens with one attached hydrogen (secondary N) is 1. The Morgan fingerprint density at radius 3 is 2.74 bits per heavy atom. The third-order valence-corrected chi connectivity index (χ3v) is 4.48. The van der Waals surface area contributed by atoms with E-state index >= 15 is 0 Å². The zero-order valence-electron chi connectivity index (χ0n) is 17.8. The maximum absolute atomic E-state index is 12.9. The predicted octanol–water partition coefficient (Wildman–Crippen LogP) is 4.84. The van der Waals surface area contributed by atoms with Gasteiger partial charge in [-0.3, -0.25) is 9.48 Å². The number of amides is 1. The summed E-state index contributed by atoms with van der Waals surface area (Å²) >= 11 is 0. The number of pyridine rings is 1. The number of benzene rings is 1. The van der Waals surface area contributed by atoms with Crippen molar-refractivity contribution < 1.29 is 23.0 Å². The molecule has 0 unspecified atom stereocenters. The van der Waals surface area contributed by atoms with Crippen molar-refractivity contribution >= 4 is 22.6 Å². The zero-order chi connectivity index (χ0) is 22.4. The lowest BCUT2D eigenvalue weighted by atomic mass is 10.1. The molecular weight excluding hydrogens is 406 g/mol. The van der Waals surface area contributed by atoms with Gasteiger partial charge < -0.3 is 14.8 Å². The average molecular weight is 432 g/mol. The van der Waals surface area contributed by atoms with E-state index < -0.39 is 18.0 Å². The van der Waals surface area contributed by atoms with E-state index in [1.807, 2.05) is 24.7 Å². The second-order valence-corrected chi connectivity index (χ2v) is 7.37. The molecule has 0 aliphatic rings. The van der Waals surface area contributed by atoms with Crippen molar-refractivity contribution in [2.45, 2.75) is 45.8 Å². The Labute approximate surface area is 179 Å². The number of aryl methyl sites for hydroxylation is 1. The molecule has 7 nitrogen and oxygen atoms in total. The SMILES string of the molecule is COCCCCn1cc2cc(C(=O)Nc3cccc(C(F)F)n3)c(OC(C)C)cc2n1. The largest absolute Gasteiger partial charge is 0.490 e. The first-order valence-electron chi connectivity index (χ1n) is 10.1. The van der Waals surface area contributed by atoms with Crippen LogP contribution in [0.5, 0.6) is 5.75 Å². The predicted molar refractivity (Wildman–Crippen MR) is 114 cm³/mol. The lowest BCUT2D eigenvalue weighted by Crippen LogP contribution is -2.16. The molecule has 2 heterocycles. The molecule has 3 rings (SSSR count). The number of alkyl halides is 2. The number of anilines is 1. The third-order valence-electron chi connectivity index (χ3n) is 4.48. The summed E-state index contributed by atoms with van der Waals surface area (Å²) in [5.41, 5.74) is 0.586. The Morgan fingerprint density at radius 1 is 1.23 bits per heavy atom. The number of hydrogen-bond acceptors (Lipinski definition) is 5. The van der Waals surface area contributed by atoms with E-state index in [2.05, 4.69) is 15.4 Å². The van der Waals surface area contributed by atoms with Crippen LogP contribution in [-0.4, -0.2) is 40.5 Å². The minimum absolute atomic E-state index is 0.0484. The van der Waals surface area contributed by atoms with Crippen molar-refractivity contribution in [3.05, 3.63) is 47.8 Å². The van der Waals surface area contributed by atoms with Crippen LogP contribution in [0.4, 0.5) is 14.6 Å². The number of aromatic nitrogens is 3. The molecule has 1 aromatic carbocycles. The maximum atomic E-state index is 12.9. The van der Waals surface area contributed by atoms with E-state index in [-0.39, 0.29) is 17.5 Å². The van der Waals surface area contributed by atoms with Crippen LogP contribution in [-0.2, 0) is 11.3 Å². The number of hydrogen-bond donors (Lipinski definition) is 1. The Bertz CT molecular complexity index is 1040. The molecule has 0 fully saturated rings. The van der Waals surface area contributed by atoms with Gasteiger partial charge in [0.2, 0.25) is 0 Å². The first-order chi connectivity index (χ1) is 14.9. The van der Waals surface area contributed by atoms with Crippen LogP contribution < -0.4 is 10.1 Å². The van der Waals surface area contributed by atoms with Gasteiger partial charge in [0.25, 0.3) is 12.3 Å². The normalized spacial score (nSPS) is 11.5. The van der Waals surface area contributed by atoms with Crippen LogP contribution in [0.25, 0.3) is 10.9 Å². The quantitative estimate of drug-likeness (QED) is 0.464. The molecule has 1 N–H and O–H groups in total. The molecule has 0 aliphatic carbocycles. The van der Waals surface area contributed by atoms with Crippen LogP contribution >= 0.6 is 0 Å². The lowest BCUT2D eigenvalue weighted by molar-refractivity contribution is 0.102. The Kier molecular flexibility index (Phi) is 7.51. The molecule has 0 atom stereocenters. The average Bonchev–Trinajstić information content (AvgIpc) is 3.12. The zero-order valence-corrected chi connectivity index (χ0v) is 17.8. The summed E-state index contributed by atoms with van der Waals surface area (Å²) < 4.78 is 38.5. The van der Waals surface area contributed by atoms with Crippen LogP contribution in [0.15, 0.2) is 36.5 Å². The number of carbonyl (C=O) groups excluding carboxylic acids is 1. The lowest BCUT2D eigenvalue weighted by Gasteiger charge is -2.14. The summed E-state index contributed by atoms with van der Waals surface area (Å²) in [4.78, 5) is 16.7. The van der Waals surface area contributed by atoms with Crippen LogP contribution in [0.2, 0.25) is 0 Å². The molecule has 1 amide bonds. The van der Waals surface area contributed by atoms with Gasteiger partial charge in [0.15, 0.2) is 0 Å². The highest BCUT2D eigenvalue weighted by molar-refractivity contribution is 6.08. The maximum Gasteiger partial charge on any atom is 0.280 e. The van der Waals surface area contributed by atoms with E-state index in [0.717, 1.165) is 24.8 Å². The number of methoxy groups -OCH3 is 1. The fraction of sp³-hybridized carbons (Fsp3) is 0.409. The number of carbonyl (C=O) groups is 1. The Morgan fingerprint density at radius 2 is 2.03 bits per heavy atom. The van der Waals surface area contributed by atoms with Crippen LogP contribution in [0, 0.1) is 0 Å². The first kappa shape index (κ1) is 22.6. The molecular formula is C22H26F2N4O3. The summed E-state index contributed by atoms with van der Waals surface area (Å²) in [5.74, 6) is -0.0776. The van der Waals surface area contributed by atoms with E-state index in [9.17, 15) is 13.6 Å². The highest BCUT2D eigenvalue weighted by Crippen LogP contribution is 2.28. The number of unbranched alkanes of at least 4 members (excludes halogenated alkanes) is 1. The van der Waals surface area contributed by atoms with Crippen LogP contribution in [0.3, 0.4) is 0 Å². The standard InChI is InChI=1S/C22H26F2N4O3/c1-14(2)31-19-12-18-15(13-28(27-18)9-4-5-10-30-3)11-16(19)22(29)26-20-8-6-7-17(25-20)21(23)24/h6-8,11-14,21H,4-5,9-10H2,1-3H3,(H,25,26,29). The van der Waals surface area contributed by atoms with Crippen molar-refractivity contribution in [1.29, 1.82) is 0 Å². The van der Waals surface area contributed by atoms with Crippen molar-refractivity contribution in [1.82, 2.24) is 14.8 Å². The Hall–Kier alpha value is -3.07. The van der Waals surface area contributed by atoms with Gasteiger partial charge in [-0.05, 0) is 44.9 Å². The second kappa shape index (κ2) is 10.3. The van der Waals surface area contributed by atoms with Crippen molar-refractivity contribution in [3.8, 4) is 5.75 Å². The van der Waals surface area contributed by atoms with Gasteiger partial charge in [-0.2, -0.15) is 5.10 Å². The highest BCUT2D eigenvalue weighted by atomic mass is 19.3. The fourth-order valence-corrected chi connectivity index (χ4v) is 3.09. The van der Waals surface area contributed by atoms with E-state index in [1.165, 1.54) is 18.2 Å². The number of nitrogens with zero attached hydrogens (tertiary/aromatic N) is 3. The van der Waals surface area contributed by atoms with Crippen LogP contribution in [0.1, 0.15) is 49.2 Å². The molecule has 0 saturated heterocycles. The van der Waals surface area contributed by atoms with Gasteiger partial charge in [0.1, 0.15) is 17.3 Å². The molecule has 31 heavy (non-hydrogen) atoms. The van der Waals surface area contributed by atoms with Crippen molar-refractivity contribution in [2.24, 2.45) is 0 Å². The minimum Gasteiger partial charge on any atom is -0.490 e. The van der Waals surface area contributed by atoms with Gasteiger partial charge >= 0.3 is 0 Å². The van der Waals surface area contributed by atoms with E-state index in [4.69, 9.17) is 9.47 Å². The second-order valence-electron chi connectivity index (χ2n) is 7.37. The van der Waals surface area contributed by atoms with Gasteiger partial charge in [-0.25, -0.2) is 13.8 Å². The number of ether oxygens (including phenoxy) is 2. The van der Waals surface area contributed by atoms with Crippen molar-refractivity contribution in [2.75, 3.05) is 19.0 Å². The highest BCUT2D eigenvalue weighted by Gasteiger charge is 2.18. The summed E-state index contributed by atoms with van der Waals surface area (Å²) in [6, 6.07) is 7.51. The minimum atomic E-state index is -2.72. The van der Waals surface area contributed by atoms with Crippen molar-refractivity contribution in [3.63, 3.8) is 0 Å². The fourth-order valence-electron chi connectivity index (χ4n) is 3.09. The van der Waals surface area contributed by atoms with Gasteiger partial charge in [0, 0.05) is 37.9 Å². The van der Waals surface area contributed by atoms with Gasteiger partial charge in [-0.15, -0.1) is 0 Å². The summed E-state index contributed by atoms with van der Waals surface area (Å²) in [7, 11) is 1.67. The van der Waals surface area contributed by atoms with Gasteiger partial charge in [0.05, 0.1) is 17.2 Å². The number of halogens is 2. The molecule has 9 heteroatoms. The number of fused-ring (bicyclic) bond motifs is 1. The van der Waals surface area contributed by atoms with E-state index in [0.29, 0.717) is 17.9 Å². The summed E-state index contributed by atoms with van der Waals surface area (Å²) in [6.07, 6.45) is 0.820. The summed E-state index contributed by atoms with van der Waals surface area (Å²) in [5, 5.41) is 7.92. The molecule has 0 saturated carbocycles. The topological polar surface area (TPSA) is 78.3 Å². The summed E-state index contributed by atoms with van der Waals surface area (Å²) in [6.45, 7) is 5.13. The van der Waals surface area contributed by atoms with E-state index in [1.54, 1.807) is 19.2 Å². The molecule has 166 valence electrons. The monoisotopic (exact) mass is 432 g/mol.